The lowest BCUT2D eigenvalue weighted by Gasteiger charge is -2.06. The Balaban J connectivity index is 1.56. The summed E-state index contributed by atoms with van der Waals surface area (Å²) in [5.41, 5.74) is 0.565. The van der Waals surface area contributed by atoms with Gasteiger partial charge in [0.25, 0.3) is 5.91 Å². The Morgan fingerprint density at radius 2 is 2.00 bits per heavy atom. The fourth-order valence-electron chi connectivity index (χ4n) is 1.82. The van der Waals surface area contributed by atoms with Crippen LogP contribution in [0, 0.1) is 0 Å². The molecule has 0 atom stereocenters. The van der Waals surface area contributed by atoms with E-state index in [-0.39, 0.29) is 17.2 Å². The van der Waals surface area contributed by atoms with Crippen molar-refractivity contribution in [2.24, 2.45) is 0 Å². The zero-order valence-corrected chi connectivity index (χ0v) is 12.2. The topological polar surface area (TPSA) is 73.9 Å². The summed E-state index contributed by atoms with van der Waals surface area (Å²) in [7, 11) is 0. The fourth-order valence-corrected chi connectivity index (χ4v) is 2.44. The van der Waals surface area contributed by atoms with Crippen LogP contribution in [0.4, 0.5) is 14.5 Å². The maximum absolute atomic E-state index is 12.9. The molecule has 0 spiro atoms. The van der Waals surface area contributed by atoms with Crippen LogP contribution >= 0.6 is 11.3 Å². The van der Waals surface area contributed by atoms with Gasteiger partial charge >= 0.3 is 12.3 Å². The van der Waals surface area contributed by atoms with Crippen molar-refractivity contribution >= 4 is 28.9 Å². The van der Waals surface area contributed by atoms with Gasteiger partial charge in [-0.05, 0) is 23.6 Å². The Labute approximate surface area is 132 Å². The zero-order chi connectivity index (χ0) is 16.4. The number of hydrogen-bond acceptors (Lipinski definition) is 6. The van der Waals surface area contributed by atoms with E-state index in [0.29, 0.717) is 5.56 Å². The summed E-state index contributed by atoms with van der Waals surface area (Å²) in [4.78, 5) is 23.3. The Kier molecular flexibility index (Phi) is 3.87. The molecule has 1 aromatic carbocycles. The third kappa shape index (κ3) is 3.57. The van der Waals surface area contributed by atoms with Crippen LogP contribution in [0.25, 0.3) is 0 Å². The van der Waals surface area contributed by atoms with Gasteiger partial charge in [-0.2, -0.15) is 11.3 Å². The third-order valence-electron chi connectivity index (χ3n) is 2.78. The minimum Gasteiger partial charge on any atom is -0.452 e. The van der Waals surface area contributed by atoms with E-state index in [0.717, 1.165) is 0 Å². The molecule has 2 aromatic rings. The van der Waals surface area contributed by atoms with E-state index < -0.39 is 24.8 Å². The monoisotopic (exact) mass is 341 g/mol. The van der Waals surface area contributed by atoms with Crippen LogP contribution in [-0.2, 0) is 9.53 Å². The van der Waals surface area contributed by atoms with Crippen molar-refractivity contribution in [3.05, 3.63) is 40.6 Å². The van der Waals surface area contributed by atoms with E-state index in [1.807, 2.05) is 0 Å². The molecule has 0 bridgehead atoms. The first-order valence-electron chi connectivity index (χ1n) is 6.32. The number of fused-ring (bicyclic) bond motifs is 1. The molecule has 1 aromatic heterocycles. The Morgan fingerprint density at radius 1 is 1.22 bits per heavy atom. The molecule has 120 valence electrons. The van der Waals surface area contributed by atoms with Gasteiger partial charge in [-0.25, -0.2) is 4.79 Å². The summed E-state index contributed by atoms with van der Waals surface area (Å²) in [5, 5.41) is 5.71. The molecule has 1 amide bonds. The van der Waals surface area contributed by atoms with Gasteiger partial charge in [0, 0.05) is 17.1 Å². The van der Waals surface area contributed by atoms with Crippen molar-refractivity contribution in [3.63, 3.8) is 0 Å². The van der Waals surface area contributed by atoms with Gasteiger partial charge in [-0.1, -0.05) is 0 Å². The number of carbonyl (C=O) groups excluding carboxylic acids is 2. The molecule has 2 heterocycles. The summed E-state index contributed by atoms with van der Waals surface area (Å²) in [6, 6.07) is 5.36. The molecule has 0 radical (unpaired) electrons. The van der Waals surface area contributed by atoms with Gasteiger partial charge in [0.15, 0.2) is 18.1 Å². The second-order valence-corrected chi connectivity index (χ2v) is 5.25. The highest BCUT2D eigenvalue weighted by Crippen LogP contribution is 2.42. The van der Waals surface area contributed by atoms with Crippen LogP contribution in [0.5, 0.6) is 11.5 Å². The highest BCUT2D eigenvalue weighted by Gasteiger charge is 2.43. The normalized spacial score (nSPS) is 14.3. The molecule has 1 aliphatic heterocycles. The number of hydrogen-bond donors (Lipinski definition) is 1. The maximum Gasteiger partial charge on any atom is 0.586 e. The number of alkyl halides is 2. The lowest BCUT2D eigenvalue weighted by atomic mass is 10.3. The second kappa shape index (κ2) is 5.84. The van der Waals surface area contributed by atoms with Crippen molar-refractivity contribution in [1.29, 1.82) is 0 Å². The average molecular weight is 341 g/mol. The van der Waals surface area contributed by atoms with Crippen LogP contribution in [0.15, 0.2) is 35.0 Å². The minimum atomic E-state index is -3.72. The number of carbonyl (C=O) groups is 2. The van der Waals surface area contributed by atoms with E-state index >= 15 is 0 Å². The first kappa shape index (κ1) is 15.2. The molecule has 6 nitrogen and oxygen atoms in total. The van der Waals surface area contributed by atoms with Crippen molar-refractivity contribution in [3.8, 4) is 11.5 Å². The van der Waals surface area contributed by atoms with Crippen LogP contribution in [-0.4, -0.2) is 24.8 Å². The van der Waals surface area contributed by atoms with Crippen LogP contribution in [0.3, 0.4) is 0 Å². The highest BCUT2D eigenvalue weighted by molar-refractivity contribution is 7.08. The number of esters is 1. The third-order valence-corrected chi connectivity index (χ3v) is 3.46. The van der Waals surface area contributed by atoms with Crippen LogP contribution in [0.2, 0.25) is 0 Å². The first-order valence-corrected chi connectivity index (χ1v) is 7.26. The van der Waals surface area contributed by atoms with Crippen LogP contribution < -0.4 is 14.8 Å². The Morgan fingerprint density at radius 3 is 2.74 bits per heavy atom. The summed E-state index contributed by atoms with van der Waals surface area (Å²) in [5.74, 6) is -1.55. The van der Waals surface area contributed by atoms with Crippen LogP contribution in [0.1, 0.15) is 10.4 Å². The number of nitrogens with one attached hydrogen (secondary N) is 1. The van der Waals surface area contributed by atoms with Crippen molar-refractivity contribution in [1.82, 2.24) is 0 Å². The van der Waals surface area contributed by atoms with Gasteiger partial charge < -0.3 is 19.5 Å². The highest BCUT2D eigenvalue weighted by atomic mass is 32.1. The number of ether oxygens (including phenoxy) is 3. The molecular formula is C14H9F2NO5S. The van der Waals surface area contributed by atoms with E-state index in [1.165, 1.54) is 29.5 Å². The van der Waals surface area contributed by atoms with Gasteiger partial charge in [0.1, 0.15) is 0 Å². The lowest BCUT2D eigenvalue weighted by Crippen LogP contribution is -2.25. The number of halogens is 2. The molecule has 1 N–H and O–H groups in total. The standard InChI is InChI=1S/C14H9F2NO5S/c15-14(16)21-10-2-1-9(5-11(10)22-14)17-12(18)6-20-13(19)8-3-4-23-7-8/h1-5,7H,6H2,(H,17,18). The minimum absolute atomic E-state index is 0.128. The summed E-state index contributed by atoms with van der Waals surface area (Å²) in [6.45, 7) is -0.501. The predicted octanol–water partition coefficient (Wildman–Crippen LogP) is 2.87. The molecule has 0 aliphatic carbocycles. The van der Waals surface area contributed by atoms with E-state index in [4.69, 9.17) is 4.74 Å². The number of thiophene rings is 1. The molecule has 0 saturated carbocycles. The molecule has 0 unspecified atom stereocenters. The SMILES string of the molecule is O=C(COC(=O)c1ccsc1)Nc1ccc2c(c1)OC(F)(F)O2. The first-order chi connectivity index (χ1) is 10.9. The predicted molar refractivity (Wildman–Crippen MR) is 75.9 cm³/mol. The van der Waals surface area contributed by atoms with E-state index in [2.05, 4.69) is 14.8 Å². The van der Waals surface area contributed by atoms with Crippen molar-refractivity contribution in [2.45, 2.75) is 6.29 Å². The van der Waals surface area contributed by atoms with Gasteiger partial charge in [0.2, 0.25) is 0 Å². The summed E-state index contributed by atoms with van der Waals surface area (Å²) in [6.07, 6.45) is -3.72. The molecule has 23 heavy (non-hydrogen) atoms. The van der Waals surface area contributed by atoms with Gasteiger partial charge in [-0.3, -0.25) is 4.79 Å². The van der Waals surface area contributed by atoms with Crippen molar-refractivity contribution < 1.29 is 32.6 Å². The zero-order valence-electron chi connectivity index (χ0n) is 11.4. The van der Waals surface area contributed by atoms with Gasteiger partial charge in [-0.15, -0.1) is 8.78 Å². The van der Waals surface area contributed by atoms with Crippen molar-refractivity contribution in [2.75, 3.05) is 11.9 Å². The molecule has 9 heteroatoms. The number of amides is 1. The smallest absolute Gasteiger partial charge is 0.452 e. The maximum atomic E-state index is 12.9. The molecule has 3 rings (SSSR count). The second-order valence-electron chi connectivity index (χ2n) is 4.47. The number of benzene rings is 1. The molecule has 0 fully saturated rings. The van der Waals surface area contributed by atoms with E-state index in [1.54, 1.807) is 16.8 Å². The van der Waals surface area contributed by atoms with E-state index in [9.17, 15) is 18.4 Å². The number of anilines is 1. The summed E-state index contributed by atoms with van der Waals surface area (Å²) >= 11 is 1.33. The average Bonchev–Trinajstić information content (AvgIpc) is 3.10. The number of rotatable bonds is 4. The molecule has 1 aliphatic rings. The lowest BCUT2D eigenvalue weighted by molar-refractivity contribution is -0.286. The molecular weight excluding hydrogens is 332 g/mol. The van der Waals surface area contributed by atoms with Gasteiger partial charge in [0.05, 0.1) is 5.56 Å². The quantitative estimate of drug-likeness (QED) is 0.866. The summed E-state index contributed by atoms with van der Waals surface area (Å²) < 4.78 is 39.1. The fraction of sp³-hybridized carbons (Fsp3) is 0.143. The molecule has 0 saturated heterocycles. The largest absolute Gasteiger partial charge is 0.586 e. The Bertz CT molecular complexity index is 748. The Hall–Kier alpha value is -2.68.